The van der Waals surface area contributed by atoms with Crippen molar-refractivity contribution in [2.75, 3.05) is 32.0 Å². The minimum Gasteiger partial charge on any atom is -0.481 e. The second-order valence-electron chi connectivity index (χ2n) is 4.98. The topological polar surface area (TPSA) is 83.6 Å². The largest absolute Gasteiger partial charge is 0.481 e. The fourth-order valence-electron chi connectivity index (χ4n) is 1.60. The quantitative estimate of drug-likeness (QED) is 0.666. The molecule has 0 aliphatic rings. The van der Waals surface area contributed by atoms with Crippen LogP contribution in [0.3, 0.4) is 0 Å². The minimum absolute atomic E-state index is 0.399. The highest BCUT2D eigenvalue weighted by Gasteiger charge is 2.17. The molecular weight excluding hydrogens is 292 g/mol. The van der Waals surface area contributed by atoms with Gasteiger partial charge >= 0.3 is 10.2 Å². The van der Waals surface area contributed by atoms with Gasteiger partial charge < -0.3 is 10.1 Å². The van der Waals surface area contributed by atoms with E-state index in [0.717, 1.165) is 13.0 Å². The molecular formula is C13H24N4O3S. The lowest BCUT2D eigenvalue weighted by molar-refractivity contribution is 0.398. The van der Waals surface area contributed by atoms with Crippen molar-refractivity contribution in [3.05, 3.63) is 18.3 Å². The number of methoxy groups -OCH3 is 1. The van der Waals surface area contributed by atoms with Gasteiger partial charge in [0.15, 0.2) is 0 Å². The number of nitrogens with zero attached hydrogens (tertiary/aromatic N) is 2. The third-order valence-electron chi connectivity index (χ3n) is 2.80. The second-order valence-corrected chi connectivity index (χ2v) is 6.76. The standard InChI is InChI=1S/C13H24N4O3S/c1-11(2)14-8-5-9-17(3)21(18,19)16-12-6-7-13(20-4)15-10-12/h6-7,10-11,14,16H,5,8-9H2,1-4H3. The van der Waals surface area contributed by atoms with E-state index in [1.165, 1.54) is 17.6 Å². The van der Waals surface area contributed by atoms with Crippen molar-refractivity contribution < 1.29 is 13.2 Å². The fraction of sp³-hybridized carbons (Fsp3) is 0.615. The van der Waals surface area contributed by atoms with Crippen LogP contribution in [-0.4, -0.2) is 51.0 Å². The Morgan fingerprint density at radius 3 is 2.62 bits per heavy atom. The zero-order valence-corrected chi connectivity index (χ0v) is 13.8. The van der Waals surface area contributed by atoms with Crippen LogP contribution in [0.2, 0.25) is 0 Å². The molecule has 0 aliphatic heterocycles. The molecule has 1 aromatic rings. The van der Waals surface area contributed by atoms with Crippen LogP contribution in [0.25, 0.3) is 0 Å². The average Bonchev–Trinajstić information content (AvgIpc) is 2.43. The number of anilines is 1. The molecule has 0 atom stereocenters. The Hall–Kier alpha value is -1.38. The first-order valence-electron chi connectivity index (χ1n) is 6.82. The Kier molecular flexibility index (Phi) is 6.86. The molecule has 0 aliphatic carbocycles. The van der Waals surface area contributed by atoms with E-state index in [0.29, 0.717) is 24.2 Å². The van der Waals surface area contributed by atoms with Gasteiger partial charge in [-0.3, -0.25) is 4.72 Å². The molecule has 0 saturated heterocycles. The van der Waals surface area contributed by atoms with Crippen LogP contribution < -0.4 is 14.8 Å². The molecule has 0 radical (unpaired) electrons. The summed E-state index contributed by atoms with van der Waals surface area (Å²) in [5, 5.41) is 3.25. The Morgan fingerprint density at radius 1 is 1.38 bits per heavy atom. The van der Waals surface area contributed by atoms with E-state index in [-0.39, 0.29) is 0 Å². The van der Waals surface area contributed by atoms with Gasteiger partial charge in [-0.1, -0.05) is 13.8 Å². The summed E-state index contributed by atoms with van der Waals surface area (Å²) < 4.78 is 32.9. The van der Waals surface area contributed by atoms with E-state index >= 15 is 0 Å². The fourth-order valence-corrected chi connectivity index (χ4v) is 2.54. The Morgan fingerprint density at radius 2 is 2.10 bits per heavy atom. The number of rotatable bonds is 9. The SMILES string of the molecule is COc1ccc(NS(=O)(=O)N(C)CCCNC(C)C)cn1. The minimum atomic E-state index is -3.56. The van der Waals surface area contributed by atoms with Crippen LogP contribution in [0.1, 0.15) is 20.3 Å². The number of aromatic nitrogens is 1. The molecule has 2 N–H and O–H groups in total. The van der Waals surface area contributed by atoms with Crippen molar-refractivity contribution in [3.63, 3.8) is 0 Å². The van der Waals surface area contributed by atoms with Gasteiger partial charge in [0.25, 0.3) is 0 Å². The van der Waals surface area contributed by atoms with Crippen LogP contribution in [-0.2, 0) is 10.2 Å². The van der Waals surface area contributed by atoms with E-state index in [4.69, 9.17) is 4.74 Å². The number of pyridine rings is 1. The van der Waals surface area contributed by atoms with Gasteiger partial charge in [0.05, 0.1) is 19.0 Å². The van der Waals surface area contributed by atoms with Gasteiger partial charge in [-0.25, -0.2) is 4.98 Å². The molecule has 8 heteroatoms. The summed E-state index contributed by atoms with van der Waals surface area (Å²) in [7, 11) is -0.504. The first-order valence-corrected chi connectivity index (χ1v) is 8.26. The molecule has 0 spiro atoms. The second kappa shape index (κ2) is 8.16. The normalized spacial score (nSPS) is 11.9. The summed E-state index contributed by atoms with van der Waals surface area (Å²) >= 11 is 0. The first-order chi connectivity index (χ1) is 9.85. The maximum Gasteiger partial charge on any atom is 0.301 e. The van der Waals surface area contributed by atoms with Crippen molar-refractivity contribution in [1.29, 1.82) is 0 Å². The Balaban J connectivity index is 2.50. The number of hydrogen-bond acceptors (Lipinski definition) is 5. The highest BCUT2D eigenvalue weighted by atomic mass is 32.2. The highest BCUT2D eigenvalue weighted by molar-refractivity contribution is 7.90. The lowest BCUT2D eigenvalue weighted by atomic mass is 10.3. The van der Waals surface area contributed by atoms with Crippen molar-refractivity contribution >= 4 is 15.9 Å². The van der Waals surface area contributed by atoms with Crippen LogP contribution in [0.4, 0.5) is 5.69 Å². The van der Waals surface area contributed by atoms with Crippen LogP contribution in [0.5, 0.6) is 5.88 Å². The lowest BCUT2D eigenvalue weighted by Gasteiger charge is -2.18. The van der Waals surface area contributed by atoms with Crippen molar-refractivity contribution in [2.45, 2.75) is 26.3 Å². The van der Waals surface area contributed by atoms with Crippen molar-refractivity contribution in [2.24, 2.45) is 0 Å². The lowest BCUT2D eigenvalue weighted by Crippen LogP contribution is -2.35. The van der Waals surface area contributed by atoms with Gasteiger partial charge in [0.1, 0.15) is 0 Å². The maximum absolute atomic E-state index is 12.1. The molecule has 7 nitrogen and oxygen atoms in total. The van der Waals surface area contributed by atoms with Crippen molar-refractivity contribution in [3.8, 4) is 5.88 Å². The average molecular weight is 316 g/mol. The van der Waals surface area contributed by atoms with E-state index in [2.05, 4.69) is 28.9 Å². The number of ether oxygens (including phenoxy) is 1. The summed E-state index contributed by atoms with van der Waals surface area (Å²) in [6.07, 6.45) is 2.17. The molecule has 0 fully saturated rings. The zero-order chi connectivity index (χ0) is 15.9. The summed E-state index contributed by atoms with van der Waals surface area (Å²) in [6, 6.07) is 3.61. The predicted octanol–water partition coefficient (Wildman–Crippen LogP) is 1.07. The third kappa shape index (κ3) is 6.28. The molecule has 0 aromatic carbocycles. The molecule has 0 bridgehead atoms. The summed E-state index contributed by atoms with van der Waals surface area (Å²) in [4.78, 5) is 3.96. The van der Waals surface area contributed by atoms with E-state index in [1.807, 2.05) is 0 Å². The van der Waals surface area contributed by atoms with Gasteiger partial charge in [-0.2, -0.15) is 12.7 Å². The zero-order valence-electron chi connectivity index (χ0n) is 13.0. The van der Waals surface area contributed by atoms with E-state index in [1.54, 1.807) is 19.2 Å². The maximum atomic E-state index is 12.1. The van der Waals surface area contributed by atoms with E-state index < -0.39 is 10.2 Å². The molecule has 1 heterocycles. The molecule has 21 heavy (non-hydrogen) atoms. The molecule has 0 amide bonds. The van der Waals surface area contributed by atoms with Gasteiger partial charge in [0.2, 0.25) is 5.88 Å². The van der Waals surface area contributed by atoms with Gasteiger partial charge in [0, 0.05) is 25.7 Å². The predicted molar refractivity (Wildman–Crippen MR) is 83.7 cm³/mol. The molecule has 120 valence electrons. The Bertz CT molecular complexity index is 517. The molecule has 0 unspecified atom stereocenters. The van der Waals surface area contributed by atoms with Gasteiger partial charge in [-0.15, -0.1) is 0 Å². The summed E-state index contributed by atoms with van der Waals surface area (Å²) in [5.41, 5.74) is 0.406. The van der Waals surface area contributed by atoms with Crippen LogP contribution in [0.15, 0.2) is 18.3 Å². The summed E-state index contributed by atoms with van der Waals surface area (Å²) in [6.45, 7) is 5.33. The Labute approximate surface area is 126 Å². The number of nitrogens with one attached hydrogen (secondary N) is 2. The van der Waals surface area contributed by atoms with Crippen LogP contribution >= 0.6 is 0 Å². The van der Waals surface area contributed by atoms with Crippen LogP contribution in [0, 0.1) is 0 Å². The number of hydrogen-bond donors (Lipinski definition) is 2. The third-order valence-corrected chi connectivity index (χ3v) is 4.30. The first kappa shape index (κ1) is 17.7. The summed E-state index contributed by atoms with van der Waals surface area (Å²) in [5.74, 6) is 0.436. The van der Waals surface area contributed by atoms with Gasteiger partial charge in [-0.05, 0) is 19.0 Å². The van der Waals surface area contributed by atoms with E-state index in [9.17, 15) is 8.42 Å². The molecule has 1 rings (SSSR count). The molecule has 1 aromatic heterocycles. The smallest absolute Gasteiger partial charge is 0.301 e. The monoisotopic (exact) mass is 316 g/mol. The molecule has 0 saturated carbocycles. The van der Waals surface area contributed by atoms with Crippen molar-refractivity contribution in [1.82, 2.24) is 14.6 Å². The highest BCUT2D eigenvalue weighted by Crippen LogP contribution is 2.13.